The monoisotopic (exact) mass is 232 g/mol. The van der Waals surface area contributed by atoms with Crippen molar-refractivity contribution in [3.05, 3.63) is 29.8 Å². The van der Waals surface area contributed by atoms with Crippen LogP contribution in [0.4, 0.5) is 5.69 Å². The second kappa shape index (κ2) is 5.09. The molecule has 1 aromatic carbocycles. The van der Waals surface area contributed by atoms with E-state index in [1.165, 1.54) is 24.9 Å². The molecule has 0 bridgehead atoms. The van der Waals surface area contributed by atoms with Gasteiger partial charge in [-0.05, 0) is 43.4 Å². The number of nitrogen functional groups attached to an aromatic ring is 1. The molecule has 94 valence electrons. The van der Waals surface area contributed by atoms with Gasteiger partial charge in [-0.3, -0.25) is 4.90 Å². The highest BCUT2D eigenvalue weighted by molar-refractivity contribution is 5.41. The summed E-state index contributed by atoms with van der Waals surface area (Å²) in [5.74, 6) is 0.721. The lowest BCUT2D eigenvalue weighted by molar-refractivity contribution is 0.177. The van der Waals surface area contributed by atoms with Gasteiger partial charge < -0.3 is 5.73 Å². The van der Waals surface area contributed by atoms with Gasteiger partial charge in [-0.1, -0.05) is 26.0 Å². The number of benzene rings is 1. The van der Waals surface area contributed by atoms with Crippen molar-refractivity contribution in [1.29, 1.82) is 0 Å². The fourth-order valence-corrected chi connectivity index (χ4v) is 2.46. The minimum absolute atomic E-state index is 0.480. The van der Waals surface area contributed by atoms with Crippen LogP contribution >= 0.6 is 0 Å². The summed E-state index contributed by atoms with van der Waals surface area (Å²) in [7, 11) is 0. The molecule has 1 aliphatic rings. The number of hydrogen-bond acceptors (Lipinski definition) is 2. The Kier molecular flexibility index (Phi) is 3.72. The third-order valence-corrected chi connectivity index (χ3v) is 3.48. The zero-order chi connectivity index (χ0) is 12.4. The van der Waals surface area contributed by atoms with Crippen LogP contribution < -0.4 is 5.73 Å². The molecular formula is C15H24N2. The summed E-state index contributed by atoms with van der Waals surface area (Å²) in [5.41, 5.74) is 8.09. The van der Waals surface area contributed by atoms with Gasteiger partial charge in [0, 0.05) is 24.3 Å². The molecule has 1 aromatic rings. The van der Waals surface area contributed by atoms with Crippen molar-refractivity contribution in [1.82, 2.24) is 4.90 Å². The van der Waals surface area contributed by atoms with Crippen LogP contribution in [0.1, 0.15) is 45.2 Å². The summed E-state index contributed by atoms with van der Waals surface area (Å²) in [5, 5.41) is 0. The van der Waals surface area contributed by atoms with E-state index in [4.69, 9.17) is 5.73 Å². The largest absolute Gasteiger partial charge is 0.399 e. The Bertz CT molecular complexity index is 369. The van der Waals surface area contributed by atoms with E-state index in [0.29, 0.717) is 6.04 Å². The fourth-order valence-electron chi connectivity index (χ4n) is 2.46. The van der Waals surface area contributed by atoms with Crippen LogP contribution in [0, 0.1) is 5.92 Å². The van der Waals surface area contributed by atoms with Crippen LogP contribution in [0.5, 0.6) is 0 Å². The van der Waals surface area contributed by atoms with E-state index in [1.54, 1.807) is 0 Å². The molecule has 2 heteroatoms. The average Bonchev–Trinajstić information content (AvgIpc) is 3.08. The van der Waals surface area contributed by atoms with E-state index in [2.05, 4.69) is 43.9 Å². The number of hydrogen-bond donors (Lipinski definition) is 1. The maximum absolute atomic E-state index is 5.87. The quantitative estimate of drug-likeness (QED) is 0.788. The summed E-state index contributed by atoms with van der Waals surface area (Å²) in [6, 6.07) is 9.60. The van der Waals surface area contributed by atoms with Crippen LogP contribution in [0.3, 0.4) is 0 Å². The van der Waals surface area contributed by atoms with Crippen LogP contribution in [-0.4, -0.2) is 17.5 Å². The maximum atomic E-state index is 5.87. The summed E-state index contributed by atoms with van der Waals surface area (Å²) in [6.45, 7) is 8.07. The maximum Gasteiger partial charge on any atom is 0.0323 e. The smallest absolute Gasteiger partial charge is 0.0323 e. The first-order valence-corrected chi connectivity index (χ1v) is 6.69. The Morgan fingerprint density at radius 3 is 2.53 bits per heavy atom. The van der Waals surface area contributed by atoms with Gasteiger partial charge in [-0.2, -0.15) is 0 Å². The lowest BCUT2D eigenvalue weighted by Crippen LogP contribution is -2.32. The molecule has 1 unspecified atom stereocenters. The molecule has 0 radical (unpaired) electrons. The molecule has 0 heterocycles. The van der Waals surface area contributed by atoms with Crippen LogP contribution in [0.2, 0.25) is 0 Å². The van der Waals surface area contributed by atoms with E-state index in [0.717, 1.165) is 17.6 Å². The van der Waals surface area contributed by atoms with Gasteiger partial charge in [0.1, 0.15) is 0 Å². The van der Waals surface area contributed by atoms with E-state index in [-0.39, 0.29) is 0 Å². The molecule has 0 aliphatic heterocycles. The lowest BCUT2D eigenvalue weighted by atomic mass is 10.0. The molecule has 0 spiro atoms. The third-order valence-electron chi connectivity index (χ3n) is 3.48. The fraction of sp³-hybridized carbons (Fsp3) is 0.600. The third kappa shape index (κ3) is 3.22. The highest BCUT2D eigenvalue weighted by atomic mass is 15.2. The van der Waals surface area contributed by atoms with E-state index >= 15 is 0 Å². The molecule has 1 fully saturated rings. The van der Waals surface area contributed by atoms with Crippen molar-refractivity contribution < 1.29 is 0 Å². The summed E-state index contributed by atoms with van der Waals surface area (Å²) in [4.78, 5) is 2.64. The Morgan fingerprint density at radius 2 is 2.00 bits per heavy atom. The van der Waals surface area contributed by atoms with Gasteiger partial charge in [-0.15, -0.1) is 0 Å². The van der Waals surface area contributed by atoms with Crippen molar-refractivity contribution in [2.45, 2.75) is 45.7 Å². The van der Waals surface area contributed by atoms with Gasteiger partial charge in [0.25, 0.3) is 0 Å². The Labute approximate surface area is 105 Å². The van der Waals surface area contributed by atoms with E-state index < -0.39 is 0 Å². The second-order valence-corrected chi connectivity index (χ2v) is 5.67. The number of nitrogens with zero attached hydrogens (tertiary/aromatic N) is 1. The van der Waals surface area contributed by atoms with Crippen molar-refractivity contribution in [2.24, 2.45) is 5.92 Å². The molecule has 0 aromatic heterocycles. The predicted octanol–water partition coefficient (Wildman–Crippen LogP) is 3.45. The van der Waals surface area contributed by atoms with Gasteiger partial charge in [-0.25, -0.2) is 0 Å². The first kappa shape index (κ1) is 12.4. The minimum atomic E-state index is 0.480. The minimum Gasteiger partial charge on any atom is -0.399 e. The molecule has 2 rings (SSSR count). The molecule has 17 heavy (non-hydrogen) atoms. The first-order chi connectivity index (χ1) is 8.08. The second-order valence-electron chi connectivity index (χ2n) is 5.67. The van der Waals surface area contributed by atoms with Crippen molar-refractivity contribution in [3.8, 4) is 0 Å². The summed E-state index contributed by atoms with van der Waals surface area (Å²) >= 11 is 0. The summed E-state index contributed by atoms with van der Waals surface area (Å²) in [6.07, 6.45) is 2.72. The van der Waals surface area contributed by atoms with E-state index in [1.807, 2.05) is 6.07 Å². The Morgan fingerprint density at radius 1 is 1.29 bits per heavy atom. The van der Waals surface area contributed by atoms with Gasteiger partial charge in [0.05, 0.1) is 0 Å². The molecule has 0 amide bonds. The van der Waals surface area contributed by atoms with Gasteiger partial charge in [0.2, 0.25) is 0 Å². The lowest BCUT2D eigenvalue weighted by Gasteiger charge is -2.31. The van der Waals surface area contributed by atoms with Gasteiger partial charge in [0.15, 0.2) is 0 Å². The van der Waals surface area contributed by atoms with Crippen LogP contribution in [0.15, 0.2) is 24.3 Å². The normalized spacial score (nSPS) is 17.7. The topological polar surface area (TPSA) is 29.3 Å². The molecule has 1 saturated carbocycles. The molecule has 2 N–H and O–H groups in total. The van der Waals surface area contributed by atoms with Crippen molar-refractivity contribution >= 4 is 5.69 Å². The summed E-state index contributed by atoms with van der Waals surface area (Å²) < 4.78 is 0. The standard InChI is InChI=1S/C15H24N2/c1-11(2)10-17(15-7-8-15)12(3)13-5-4-6-14(16)9-13/h4-6,9,11-12,15H,7-8,10,16H2,1-3H3. The molecular weight excluding hydrogens is 208 g/mol. The average molecular weight is 232 g/mol. The van der Waals surface area contributed by atoms with Crippen LogP contribution in [-0.2, 0) is 0 Å². The molecule has 2 nitrogen and oxygen atoms in total. The Balaban J connectivity index is 2.12. The number of nitrogens with two attached hydrogens (primary N) is 1. The predicted molar refractivity (Wildman–Crippen MR) is 73.8 cm³/mol. The Hall–Kier alpha value is -1.02. The zero-order valence-corrected chi connectivity index (χ0v) is 11.2. The highest BCUT2D eigenvalue weighted by Crippen LogP contribution is 2.35. The number of rotatable bonds is 5. The van der Waals surface area contributed by atoms with Crippen molar-refractivity contribution in [2.75, 3.05) is 12.3 Å². The molecule has 1 atom stereocenters. The van der Waals surface area contributed by atoms with Gasteiger partial charge >= 0.3 is 0 Å². The SMILES string of the molecule is CC(C)CN(C1CC1)C(C)c1cccc(N)c1. The highest BCUT2D eigenvalue weighted by Gasteiger charge is 2.32. The first-order valence-electron chi connectivity index (χ1n) is 6.69. The molecule has 1 aliphatic carbocycles. The molecule has 0 saturated heterocycles. The zero-order valence-electron chi connectivity index (χ0n) is 11.2. The van der Waals surface area contributed by atoms with Crippen LogP contribution in [0.25, 0.3) is 0 Å². The van der Waals surface area contributed by atoms with E-state index in [9.17, 15) is 0 Å². The van der Waals surface area contributed by atoms with Crippen molar-refractivity contribution in [3.63, 3.8) is 0 Å². The number of anilines is 1.